The van der Waals surface area contributed by atoms with E-state index in [9.17, 15) is 0 Å². The van der Waals surface area contributed by atoms with E-state index in [1.807, 2.05) is 11.6 Å². The van der Waals surface area contributed by atoms with E-state index in [2.05, 4.69) is 15.1 Å². The van der Waals surface area contributed by atoms with Crippen LogP contribution in [0.4, 0.5) is 5.82 Å². The van der Waals surface area contributed by atoms with Gasteiger partial charge in [-0.25, -0.2) is 14.6 Å². The Hall–Kier alpha value is -1.65. The van der Waals surface area contributed by atoms with Crippen LogP contribution < -0.4 is 5.73 Å². The standard InChI is InChI=1S/C12H17N5/c1-8-15-11(13)10-7-14-17(12(10)16-8)9-5-3-2-4-6-9/h7,9H,2-6H2,1H3,(H2,13,15,16). The Morgan fingerprint density at radius 2 is 2.00 bits per heavy atom. The summed E-state index contributed by atoms with van der Waals surface area (Å²) in [5, 5.41) is 5.33. The summed E-state index contributed by atoms with van der Waals surface area (Å²) in [6.45, 7) is 1.87. The first-order valence-corrected chi connectivity index (χ1v) is 6.23. The Bertz CT molecular complexity index is 539. The van der Waals surface area contributed by atoms with Crippen molar-refractivity contribution in [1.29, 1.82) is 0 Å². The Kier molecular flexibility index (Phi) is 2.46. The molecular formula is C12H17N5. The smallest absolute Gasteiger partial charge is 0.163 e. The molecule has 5 heteroatoms. The lowest BCUT2D eigenvalue weighted by molar-refractivity contribution is 0.335. The molecule has 1 aliphatic carbocycles. The summed E-state index contributed by atoms with van der Waals surface area (Å²) in [5.41, 5.74) is 6.79. The first-order chi connectivity index (χ1) is 8.25. The molecule has 0 saturated heterocycles. The first-order valence-electron chi connectivity index (χ1n) is 6.23. The molecule has 3 rings (SSSR count). The Morgan fingerprint density at radius 1 is 1.24 bits per heavy atom. The number of nitrogens with zero attached hydrogens (tertiary/aromatic N) is 4. The number of aromatic nitrogens is 4. The number of rotatable bonds is 1. The third-order valence-corrected chi connectivity index (χ3v) is 3.52. The lowest BCUT2D eigenvalue weighted by atomic mass is 9.96. The van der Waals surface area contributed by atoms with E-state index in [-0.39, 0.29) is 0 Å². The third kappa shape index (κ3) is 1.75. The number of anilines is 1. The second-order valence-electron chi connectivity index (χ2n) is 4.77. The van der Waals surface area contributed by atoms with Crippen LogP contribution in [0.2, 0.25) is 0 Å². The Morgan fingerprint density at radius 3 is 2.76 bits per heavy atom. The molecule has 2 aromatic rings. The van der Waals surface area contributed by atoms with Gasteiger partial charge in [0.1, 0.15) is 11.6 Å². The fourth-order valence-corrected chi connectivity index (χ4v) is 2.65. The van der Waals surface area contributed by atoms with Gasteiger partial charge in [-0.2, -0.15) is 5.10 Å². The number of nitrogens with two attached hydrogens (primary N) is 1. The maximum Gasteiger partial charge on any atom is 0.163 e. The summed E-state index contributed by atoms with van der Waals surface area (Å²) >= 11 is 0. The molecule has 2 aromatic heterocycles. The van der Waals surface area contributed by atoms with Crippen molar-refractivity contribution in [3.05, 3.63) is 12.0 Å². The van der Waals surface area contributed by atoms with Crippen LogP contribution in [0, 0.1) is 6.92 Å². The van der Waals surface area contributed by atoms with Crippen LogP contribution in [0.1, 0.15) is 44.0 Å². The predicted molar refractivity (Wildman–Crippen MR) is 66.6 cm³/mol. The van der Waals surface area contributed by atoms with Crippen molar-refractivity contribution < 1.29 is 0 Å². The Labute approximate surface area is 100 Å². The van der Waals surface area contributed by atoms with E-state index in [1.54, 1.807) is 6.20 Å². The molecule has 0 unspecified atom stereocenters. The molecule has 0 bridgehead atoms. The molecule has 17 heavy (non-hydrogen) atoms. The highest BCUT2D eigenvalue weighted by Crippen LogP contribution is 2.30. The zero-order valence-electron chi connectivity index (χ0n) is 10.1. The number of fused-ring (bicyclic) bond motifs is 1. The Balaban J connectivity index is 2.10. The summed E-state index contributed by atoms with van der Waals surface area (Å²) in [5.74, 6) is 1.25. The largest absolute Gasteiger partial charge is 0.383 e. The molecule has 0 spiro atoms. The highest BCUT2D eigenvalue weighted by Gasteiger charge is 2.19. The van der Waals surface area contributed by atoms with Crippen molar-refractivity contribution >= 4 is 16.9 Å². The minimum absolute atomic E-state index is 0.481. The van der Waals surface area contributed by atoms with Crippen LogP contribution in [-0.4, -0.2) is 19.7 Å². The SMILES string of the molecule is Cc1nc(N)c2cnn(C3CCCCC3)c2n1. The van der Waals surface area contributed by atoms with Gasteiger partial charge in [0, 0.05) is 0 Å². The van der Waals surface area contributed by atoms with Crippen molar-refractivity contribution in [2.24, 2.45) is 0 Å². The van der Waals surface area contributed by atoms with Gasteiger partial charge >= 0.3 is 0 Å². The van der Waals surface area contributed by atoms with Crippen molar-refractivity contribution in [2.75, 3.05) is 5.73 Å². The van der Waals surface area contributed by atoms with Gasteiger partial charge in [-0.3, -0.25) is 0 Å². The average molecular weight is 231 g/mol. The van der Waals surface area contributed by atoms with E-state index in [0.717, 1.165) is 11.0 Å². The van der Waals surface area contributed by atoms with Gasteiger partial charge in [0.15, 0.2) is 5.65 Å². The normalized spacial score (nSPS) is 17.7. The van der Waals surface area contributed by atoms with Gasteiger partial charge in [0.25, 0.3) is 0 Å². The zero-order valence-corrected chi connectivity index (χ0v) is 10.1. The van der Waals surface area contributed by atoms with Gasteiger partial charge in [0.05, 0.1) is 17.6 Å². The van der Waals surface area contributed by atoms with Crippen LogP contribution >= 0.6 is 0 Å². The lowest BCUT2D eigenvalue weighted by Gasteiger charge is -2.22. The fraction of sp³-hybridized carbons (Fsp3) is 0.583. The molecule has 0 aliphatic heterocycles. The van der Waals surface area contributed by atoms with Gasteiger partial charge in [-0.15, -0.1) is 0 Å². The maximum absolute atomic E-state index is 5.90. The highest BCUT2D eigenvalue weighted by molar-refractivity contribution is 5.85. The van der Waals surface area contributed by atoms with Crippen molar-refractivity contribution in [2.45, 2.75) is 45.1 Å². The average Bonchev–Trinajstić information content (AvgIpc) is 2.74. The zero-order chi connectivity index (χ0) is 11.8. The first kappa shape index (κ1) is 10.5. The second-order valence-corrected chi connectivity index (χ2v) is 4.77. The fourth-order valence-electron chi connectivity index (χ4n) is 2.65. The van der Waals surface area contributed by atoms with Crippen LogP contribution in [0.15, 0.2) is 6.20 Å². The second kappa shape index (κ2) is 3.98. The maximum atomic E-state index is 5.90. The van der Waals surface area contributed by atoms with Crippen molar-refractivity contribution in [1.82, 2.24) is 19.7 Å². The molecule has 0 radical (unpaired) electrons. The number of aryl methyl sites for hydroxylation is 1. The molecule has 2 heterocycles. The molecule has 1 aliphatic rings. The monoisotopic (exact) mass is 231 g/mol. The highest BCUT2D eigenvalue weighted by atomic mass is 15.3. The van der Waals surface area contributed by atoms with Crippen LogP contribution in [0.25, 0.3) is 11.0 Å². The molecule has 1 saturated carbocycles. The summed E-state index contributed by atoms with van der Waals surface area (Å²) < 4.78 is 2.04. The van der Waals surface area contributed by atoms with Gasteiger partial charge in [0.2, 0.25) is 0 Å². The topological polar surface area (TPSA) is 69.6 Å². The molecule has 2 N–H and O–H groups in total. The minimum Gasteiger partial charge on any atom is -0.383 e. The van der Waals surface area contributed by atoms with E-state index in [0.29, 0.717) is 17.7 Å². The van der Waals surface area contributed by atoms with Gasteiger partial charge < -0.3 is 5.73 Å². The van der Waals surface area contributed by atoms with E-state index >= 15 is 0 Å². The van der Waals surface area contributed by atoms with Gasteiger partial charge in [-0.1, -0.05) is 19.3 Å². The quantitative estimate of drug-likeness (QED) is 0.817. The molecule has 0 aromatic carbocycles. The van der Waals surface area contributed by atoms with Gasteiger partial charge in [-0.05, 0) is 19.8 Å². The number of hydrogen-bond acceptors (Lipinski definition) is 4. The summed E-state index contributed by atoms with van der Waals surface area (Å²) in [7, 11) is 0. The third-order valence-electron chi connectivity index (χ3n) is 3.52. The number of hydrogen-bond donors (Lipinski definition) is 1. The lowest BCUT2D eigenvalue weighted by Crippen LogP contribution is -2.14. The van der Waals surface area contributed by atoms with Crippen molar-refractivity contribution in [3.63, 3.8) is 0 Å². The number of nitrogen functional groups attached to an aromatic ring is 1. The summed E-state index contributed by atoms with van der Waals surface area (Å²) in [4.78, 5) is 8.65. The van der Waals surface area contributed by atoms with Crippen LogP contribution in [-0.2, 0) is 0 Å². The molecule has 90 valence electrons. The predicted octanol–water partition coefficient (Wildman–Crippen LogP) is 2.22. The molecular weight excluding hydrogens is 214 g/mol. The van der Waals surface area contributed by atoms with E-state index in [1.165, 1.54) is 32.1 Å². The molecule has 0 amide bonds. The van der Waals surface area contributed by atoms with Crippen LogP contribution in [0.5, 0.6) is 0 Å². The summed E-state index contributed by atoms with van der Waals surface area (Å²) in [6, 6.07) is 0.481. The summed E-state index contributed by atoms with van der Waals surface area (Å²) in [6.07, 6.45) is 8.08. The molecule has 0 atom stereocenters. The van der Waals surface area contributed by atoms with E-state index in [4.69, 9.17) is 5.73 Å². The molecule has 1 fully saturated rings. The molecule has 5 nitrogen and oxygen atoms in total. The van der Waals surface area contributed by atoms with Crippen molar-refractivity contribution in [3.8, 4) is 0 Å². The minimum atomic E-state index is 0.481. The van der Waals surface area contributed by atoms with Crippen LogP contribution in [0.3, 0.4) is 0 Å². The van der Waals surface area contributed by atoms with E-state index < -0.39 is 0 Å².